The molecule has 3 atom stereocenters. The van der Waals surface area contributed by atoms with Crippen LogP contribution in [0.15, 0.2) is 0 Å². The Morgan fingerprint density at radius 1 is 1.06 bits per heavy atom. The second kappa shape index (κ2) is 7.49. The highest BCUT2D eigenvalue weighted by atomic mass is 16.5. The van der Waals surface area contributed by atoms with Crippen LogP contribution in [0, 0.1) is 11.8 Å². The van der Waals surface area contributed by atoms with Gasteiger partial charge in [-0.1, -0.05) is 33.1 Å². The number of rotatable bonds is 5. The summed E-state index contributed by atoms with van der Waals surface area (Å²) in [5.74, 6) is 1.69. The largest absolute Gasteiger partial charge is 0.376 e. The quantitative estimate of drug-likeness (QED) is 0.805. The van der Waals surface area contributed by atoms with Crippen LogP contribution in [0.1, 0.15) is 65.2 Å². The molecule has 2 heteroatoms. The Kier molecular flexibility index (Phi) is 5.97. The van der Waals surface area contributed by atoms with Gasteiger partial charge in [-0.2, -0.15) is 0 Å². The van der Waals surface area contributed by atoms with Crippen molar-refractivity contribution in [3.63, 3.8) is 0 Å². The lowest BCUT2D eigenvalue weighted by Gasteiger charge is -2.36. The molecule has 0 amide bonds. The van der Waals surface area contributed by atoms with Crippen LogP contribution < -0.4 is 5.32 Å². The van der Waals surface area contributed by atoms with Gasteiger partial charge in [0.15, 0.2) is 0 Å². The highest BCUT2D eigenvalue weighted by Gasteiger charge is 2.29. The van der Waals surface area contributed by atoms with Crippen LogP contribution in [0.25, 0.3) is 0 Å². The fourth-order valence-corrected chi connectivity index (χ4v) is 3.62. The van der Waals surface area contributed by atoms with E-state index in [1.807, 2.05) is 0 Å². The summed E-state index contributed by atoms with van der Waals surface area (Å²) in [7, 11) is 0. The summed E-state index contributed by atoms with van der Waals surface area (Å²) in [5.41, 5.74) is 0. The predicted octanol–water partition coefficient (Wildman–Crippen LogP) is 3.75. The van der Waals surface area contributed by atoms with Gasteiger partial charge in [-0.25, -0.2) is 0 Å². The van der Waals surface area contributed by atoms with Crippen molar-refractivity contribution in [3.05, 3.63) is 0 Å². The maximum absolute atomic E-state index is 6.30. The van der Waals surface area contributed by atoms with Gasteiger partial charge < -0.3 is 10.1 Å². The summed E-state index contributed by atoms with van der Waals surface area (Å²) in [6.45, 7) is 6.66. The van der Waals surface area contributed by atoms with E-state index in [4.69, 9.17) is 4.74 Å². The van der Waals surface area contributed by atoms with Crippen molar-refractivity contribution in [3.8, 4) is 0 Å². The first kappa shape index (κ1) is 14.3. The number of likely N-dealkylation sites (N-methyl/N-ethyl adjacent to an activating group) is 1. The van der Waals surface area contributed by atoms with E-state index >= 15 is 0 Å². The normalized spacial score (nSPS) is 34.7. The van der Waals surface area contributed by atoms with Crippen molar-refractivity contribution < 1.29 is 4.74 Å². The smallest absolute Gasteiger partial charge is 0.0730 e. The Hall–Kier alpha value is -0.0800. The van der Waals surface area contributed by atoms with Gasteiger partial charge in [0.05, 0.1) is 6.10 Å². The molecule has 3 unspecified atom stereocenters. The van der Waals surface area contributed by atoms with E-state index < -0.39 is 0 Å². The predicted molar refractivity (Wildman–Crippen MR) is 76.8 cm³/mol. The average molecular weight is 253 g/mol. The standard InChI is InChI=1S/C16H31NO/c1-3-17-15-10-9-13(2)11-16(15)18-12-14-7-5-4-6-8-14/h13-17H,3-12H2,1-2H3. The maximum Gasteiger partial charge on any atom is 0.0730 e. The second-order valence-electron chi connectivity index (χ2n) is 6.46. The molecule has 0 aromatic heterocycles. The van der Waals surface area contributed by atoms with E-state index in [-0.39, 0.29) is 0 Å². The summed E-state index contributed by atoms with van der Waals surface area (Å²) < 4.78 is 6.30. The Bertz CT molecular complexity index is 225. The van der Waals surface area contributed by atoms with Gasteiger partial charge in [0.25, 0.3) is 0 Å². The molecule has 0 aromatic rings. The van der Waals surface area contributed by atoms with Gasteiger partial charge in [0, 0.05) is 12.6 Å². The average Bonchev–Trinajstić information content (AvgIpc) is 2.40. The second-order valence-corrected chi connectivity index (χ2v) is 6.46. The third-order valence-electron chi connectivity index (χ3n) is 4.79. The Morgan fingerprint density at radius 2 is 1.83 bits per heavy atom. The minimum Gasteiger partial charge on any atom is -0.376 e. The zero-order chi connectivity index (χ0) is 12.8. The minimum absolute atomic E-state index is 0.468. The summed E-state index contributed by atoms with van der Waals surface area (Å²) in [6, 6.07) is 0.606. The van der Waals surface area contributed by atoms with Gasteiger partial charge in [-0.3, -0.25) is 0 Å². The van der Waals surface area contributed by atoms with Gasteiger partial charge in [-0.15, -0.1) is 0 Å². The summed E-state index contributed by atoms with van der Waals surface area (Å²) >= 11 is 0. The van der Waals surface area contributed by atoms with E-state index in [9.17, 15) is 0 Å². The van der Waals surface area contributed by atoms with Crippen molar-refractivity contribution in [2.75, 3.05) is 13.2 Å². The zero-order valence-corrected chi connectivity index (χ0v) is 12.3. The van der Waals surface area contributed by atoms with E-state index in [1.165, 1.54) is 51.4 Å². The zero-order valence-electron chi connectivity index (χ0n) is 12.3. The van der Waals surface area contributed by atoms with Crippen molar-refractivity contribution >= 4 is 0 Å². The lowest BCUT2D eigenvalue weighted by Crippen LogP contribution is -2.45. The number of ether oxygens (including phenoxy) is 1. The van der Waals surface area contributed by atoms with Crippen LogP contribution in [0.3, 0.4) is 0 Å². The third kappa shape index (κ3) is 4.24. The fourth-order valence-electron chi connectivity index (χ4n) is 3.62. The number of hydrogen-bond acceptors (Lipinski definition) is 2. The summed E-state index contributed by atoms with van der Waals surface area (Å²) in [5, 5.41) is 3.62. The fraction of sp³-hybridized carbons (Fsp3) is 1.00. The van der Waals surface area contributed by atoms with Crippen LogP contribution >= 0.6 is 0 Å². The van der Waals surface area contributed by atoms with Crippen molar-refractivity contribution in [1.82, 2.24) is 5.32 Å². The van der Waals surface area contributed by atoms with Crippen LogP contribution in [0.2, 0.25) is 0 Å². The summed E-state index contributed by atoms with van der Waals surface area (Å²) in [4.78, 5) is 0. The van der Waals surface area contributed by atoms with Crippen molar-refractivity contribution in [2.24, 2.45) is 11.8 Å². The third-order valence-corrected chi connectivity index (χ3v) is 4.79. The number of nitrogens with one attached hydrogen (secondary N) is 1. The van der Waals surface area contributed by atoms with Gasteiger partial charge >= 0.3 is 0 Å². The lowest BCUT2D eigenvalue weighted by molar-refractivity contribution is -0.0279. The SMILES string of the molecule is CCNC1CCC(C)CC1OCC1CCCCC1. The molecular weight excluding hydrogens is 222 g/mol. The molecule has 0 aliphatic heterocycles. The molecule has 106 valence electrons. The molecule has 2 aliphatic carbocycles. The molecule has 2 aliphatic rings. The first-order chi connectivity index (χ1) is 8.79. The molecule has 0 radical (unpaired) electrons. The van der Waals surface area contributed by atoms with Crippen molar-refractivity contribution in [2.45, 2.75) is 77.4 Å². The highest BCUT2D eigenvalue weighted by Crippen LogP contribution is 2.29. The molecule has 0 bridgehead atoms. The molecule has 1 N–H and O–H groups in total. The molecule has 0 aromatic carbocycles. The van der Waals surface area contributed by atoms with Crippen molar-refractivity contribution in [1.29, 1.82) is 0 Å². The lowest BCUT2D eigenvalue weighted by atomic mass is 9.84. The monoisotopic (exact) mass is 253 g/mol. The van der Waals surface area contributed by atoms with Gasteiger partial charge in [0.2, 0.25) is 0 Å². The Morgan fingerprint density at radius 3 is 2.56 bits per heavy atom. The van der Waals surface area contributed by atoms with Gasteiger partial charge in [0.1, 0.15) is 0 Å². The topological polar surface area (TPSA) is 21.3 Å². The van der Waals surface area contributed by atoms with Crippen LogP contribution in [0.5, 0.6) is 0 Å². The molecule has 2 fully saturated rings. The minimum atomic E-state index is 0.468. The first-order valence-corrected chi connectivity index (χ1v) is 8.14. The molecular formula is C16H31NO. The Balaban J connectivity index is 1.76. The van der Waals surface area contributed by atoms with Gasteiger partial charge in [-0.05, 0) is 50.5 Å². The molecule has 0 heterocycles. The molecule has 0 spiro atoms. The molecule has 2 nitrogen and oxygen atoms in total. The first-order valence-electron chi connectivity index (χ1n) is 8.14. The van der Waals surface area contributed by atoms with E-state index in [0.717, 1.165) is 25.0 Å². The van der Waals surface area contributed by atoms with E-state index in [0.29, 0.717) is 12.1 Å². The molecule has 18 heavy (non-hydrogen) atoms. The van der Waals surface area contributed by atoms with Crippen LogP contribution in [0.4, 0.5) is 0 Å². The molecule has 0 saturated heterocycles. The van der Waals surface area contributed by atoms with Crippen LogP contribution in [-0.4, -0.2) is 25.3 Å². The molecule has 2 rings (SSSR count). The van der Waals surface area contributed by atoms with E-state index in [1.54, 1.807) is 0 Å². The van der Waals surface area contributed by atoms with Crippen LogP contribution in [-0.2, 0) is 4.74 Å². The summed E-state index contributed by atoms with van der Waals surface area (Å²) in [6.07, 6.45) is 11.5. The number of hydrogen-bond donors (Lipinski definition) is 1. The maximum atomic E-state index is 6.30. The highest BCUT2D eigenvalue weighted by molar-refractivity contribution is 4.84. The Labute approximate surface area is 113 Å². The molecule has 2 saturated carbocycles. The van der Waals surface area contributed by atoms with E-state index in [2.05, 4.69) is 19.2 Å².